The summed E-state index contributed by atoms with van der Waals surface area (Å²) in [6.07, 6.45) is 0. The topological polar surface area (TPSA) is 84.2 Å². The van der Waals surface area contributed by atoms with Crippen molar-refractivity contribution in [1.29, 1.82) is 0 Å². The van der Waals surface area contributed by atoms with Crippen molar-refractivity contribution in [2.45, 2.75) is 6.61 Å². The molecule has 28 heavy (non-hydrogen) atoms. The Morgan fingerprint density at radius 1 is 0.929 bits per heavy atom. The van der Waals surface area contributed by atoms with Gasteiger partial charge < -0.3 is 10.4 Å². The lowest BCUT2D eigenvalue weighted by Crippen LogP contribution is -2.26. The number of hydrogen-bond acceptors (Lipinski definition) is 4. The van der Waals surface area contributed by atoms with Crippen molar-refractivity contribution in [2.24, 2.45) is 0 Å². The number of fused-ring (bicyclic) bond motifs is 1. The van der Waals surface area contributed by atoms with Crippen LogP contribution in [-0.4, -0.2) is 20.8 Å². The zero-order valence-electron chi connectivity index (χ0n) is 14.9. The van der Waals surface area contributed by atoms with E-state index in [1.54, 1.807) is 72.8 Å². The summed E-state index contributed by atoms with van der Waals surface area (Å²) in [6.45, 7) is -0.121. The minimum Gasteiger partial charge on any atom is -0.392 e. The number of carbonyl (C=O) groups excluding carboxylic acids is 1. The second-order valence-corrected chi connectivity index (χ2v) is 6.26. The first kappa shape index (κ1) is 17.6. The molecule has 1 aromatic heterocycles. The molecule has 0 aliphatic rings. The van der Waals surface area contributed by atoms with Crippen LogP contribution in [0.15, 0.2) is 83.7 Å². The molecule has 2 N–H and O–H groups in total. The molecule has 0 fully saturated rings. The SMILES string of the molecule is O=C(Nc1cccc(CO)c1)c1nn(-c2ccccc2)c(=O)c2ccccc12. The number of benzene rings is 3. The third-order valence-corrected chi connectivity index (χ3v) is 4.39. The van der Waals surface area contributed by atoms with E-state index in [4.69, 9.17) is 0 Å². The summed E-state index contributed by atoms with van der Waals surface area (Å²) in [5.74, 6) is -0.434. The Balaban J connectivity index is 1.85. The summed E-state index contributed by atoms with van der Waals surface area (Å²) < 4.78 is 1.24. The molecule has 0 aliphatic carbocycles. The fourth-order valence-electron chi connectivity index (χ4n) is 3.04. The molecule has 6 nitrogen and oxygen atoms in total. The van der Waals surface area contributed by atoms with Crippen LogP contribution in [0.25, 0.3) is 16.5 Å². The van der Waals surface area contributed by atoms with E-state index in [0.29, 0.717) is 27.7 Å². The van der Waals surface area contributed by atoms with Gasteiger partial charge in [-0.3, -0.25) is 9.59 Å². The molecule has 0 spiro atoms. The van der Waals surface area contributed by atoms with E-state index in [9.17, 15) is 14.7 Å². The van der Waals surface area contributed by atoms with Gasteiger partial charge >= 0.3 is 0 Å². The standard InChI is InChI=1S/C22H17N3O3/c26-14-15-7-6-8-16(13-15)23-21(27)20-18-11-4-5-12-19(18)22(28)25(24-20)17-9-2-1-3-10-17/h1-13,26H,14H2,(H,23,27). The maximum absolute atomic E-state index is 13.0. The van der Waals surface area contributed by atoms with Crippen LogP contribution in [0.4, 0.5) is 5.69 Å². The van der Waals surface area contributed by atoms with E-state index in [1.165, 1.54) is 4.68 Å². The van der Waals surface area contributed by atoms with Crippen molar-refractivity contribution >= 4 is 22.4 Å². The first-order valence-corrected chi connectivity index (χ1v) is 8.76. The van der Waals surface area contributed by atoms with Crippen LogP contribution in [0, 0.1) is 0 Å². The summed E-state index contributed by atoms with van der Waals surface area (Å²) in [6, 6.07) is 22.8. The van der Waals surface area contributed by atoms with Crippen LogP contribution in [-0.2, 0) is 6.61 Å². The summed E-state index contributed by atoms with van der Waals surface area (Å²) in [5, 5.41) is 17.3. The van der Waals surface area contributed by atoms with Gasteiger partial charge in [0.25, 0.3) is 11.5 Å². The van der Waals surface area contributed by atoms with E-state index < -0.39 is 5.91 Å². The van der Waals surface area contributed by atoms with E-state index in [-0.39, 0.29) is 17.9 Å². The molecule has 0 radical (unpaired) electrons. The van der Waals surface area contributed by atoms with Crippen LogP contribution in [0.3, 0.4) is 0 Å². The smallest absolute Gasteiger partial charge is 0.279 e. The van der Waals surface area contributed by atoms with Crippen LogP contribution >= 0.6 is 0 Å². The minimum atomic E-state index is -0.434. The lowest BCUT2D eigenvalue weighted by atomic mass is 10.1. The molecule has 3 aromatic carbocycles. The van der Waals surface area contributed by atoms with Crippen molar-refractivity contribution in [3.63, 3.8) is 0 Å². The number of carbonyl (C=O) groups is 1. The number of nitrogens with zero attached hydrogens (tertiary/aromatic N) is 2. The second-order valence-electron chi connectivity index (χ2n) is 6.26. The molecule has 1 amide bonds. The fourth-order valence-corrected chi connectivity index (χ4v) is 3.04. The number of aliphatic hydroxyl groups excluding tert-OH is 1. The van der Waals surface area contributed by atoms with Gasteiger partial charge in [0.05, 0.1) is 17.7 Å². The van der Waals surface area contributed by atoms with Gasteiger partial charge in [-0.2, -0.15) is 9.78 Å². The predicted octanol–water partition coefficient (Wildman–Crippen LogP) is 3.13. The first-order valence-electron chi connectivity index (χ1n) is 8.76. The number of nitrogens with one attached hydrogen (secondary N) is 1. The fraction of sp³-hybridized carbons (Fsp3) is 0.0455. The van der Waals surface area contributed by atoms with Crippen LogP contribution in [0.1, 0.15) is 16.1 Å². The predicted molar refractivity (Wildman–Crippen MR) is 108 cm³/mol. The van der Waals surface area contributed by atoms with Crippen LogP contribution in [0.2, 0.25) is 0 Å². The van der Waals surface area contributed by atoms with Crippen LogP contribution < -0.4 is 10.9 Å². The third-order valence-electron chi connectivity index (χ3n) is 4.39. The lowest BCUT2D eigenvalue weighted by Gasteiger charge is -2.11. The molecule has 0 unspecified atom stereocenters. The zero-order valence-corrected chi connectivity index (χ0v) is 14.9. The number of amides is 1. The largest absolute Gasteiger partial charge is 0.392 e. The average molecular weight is 371 g/mol. The number of anilines is 1. The monoisotopic (exact) mass is 371 g/mol. The van der Waals surface area contributed by atoms with E-state index >= 15 is 0 Å². The number of hydrogen-bond donors (Lipinski definition) is 2. The van der Waals surface area contributed by atoms with Gasteiger partial charge in [-0.1, -0.05) is 48.5 Å². The van der Waals surface area contributed by atoms with Crippen molar-refractivity contribution in [1.82, 2.24) is 9.78 Å². The van der Waals surface area contributed by atoms with Crippen LogP contribution in [0.5, 0.6) is 0 Å². The number of para-hydroxylation sites is 1. The molecule has 138 valence electrons. The van der Waals surface area contributed by atoms with E-state index in [2.05, 4.69) is 10.4 Å². The molecule has 6 heteroatoms. The highest BCUT2D eigenvalue weighted by molar-refractivity contribution is 6.11. The Morgan fingerprint density at radius 2 is 1.64 bits per heavy atom. The zero-order chi connectivity index (χ0) is 19.5. The highest BCUT2D eigenvalue weighted by Gasteiger charge is 2.17. The average Bonchev–Trinajstić information content (AvgIpc) is 2.75. The van der Waals surface area contributed by atoms with Gasteiger partial charge in [0, 0.05) is 11.1 Å². The molecule has 4 aromatic rings. The Bertz CT molecular complexity index is 1220. The highest BCUT2D eigenvalue weighted by atomic mass is 16.3. The van der Waals surface area contributed by atoms with Crippen molar-refractivity contribution in [2.75, 3.05) is 5.32 Å². The van der Waals surface area contributed by atoms with Crippen molar-refractivity contribution in [3.8, 4) is 5.69 Å². The molecule has 0 saturated carbocycles. The number of rotatable bonds is 4. The molecule has 0 aliphatic heterocycles. The first-order chi connectivity index (χ1) is 13.7. The Hall–Kier alpha value is -3.77. The molecular formula is C22H17N3O3. The lowest BCUT2D eigenvalue weighted by molar-refractivity contribution is 0.102. The summed E-state index contributed by atoms with van der Waals surface area (Å²) in [4.78, 5) is 25.9. The van der Waals surface area contributed by atoms with Gasteiger partial charge in [0.15, 0.2) is 5.69 Å². The molecule has 0 atom stereocenters. The molecule has 1 heterocycles. The van der Waals surface area contributed by atoms with Gasteiger partial charge in [0.2, 0.25) is 0 Å². The molecule has 4 rings (SSSR count). The number of aliphatic hydroxyl groups is 1. The molecular weight excluding hydrogens is 354 g/mol. The number of aromatic nitrogens is 2. The maximum Gasteiger partial charge on any atom is 0.279 e. The second kappa shape index (κ2) is 7.46. The molecule has 0 bridgehead atoms. The van der Waals surface area contributed by atoms with Gasteiger partial charge in [-0.05, 0) is 35.9 Å². The summed E-state index contributed by atoms with van der Waals surface area (Å²) >= 11 is 0. The molecule has 0 saturated heterocycles. The Kier molecular flexibility index (Phi) is 4.70. The van der Waals surface area contributed by atoms with Gasteiger partial charge in [-0.15, -0.1) is 0 Å². The van der Waals surface area contributed by atoms with Crippen molar-refractivity contribution < 1.29 is 9.90 Å². The quantitative estimate of drug-likeness (QED) is 0.577. The summed E-state index contributed by atoms with van der Waals surface area (Å²) in [7, 11) is 0. The Morgan fingerprint density at radius 3 is 2.39 bits per heavy atom. The van der Waals surface area contributed by atoms with Gasteiger partial charge in [0.1, 0.15) is 0 Å². The van der Waals surface area contributed by atoms with E-state index in [0.717, 1.165) is 0 Å². The highest BCUT2D eigenvalue weighted by Crippen LogP contribution is 2.18. The third kappa shape index (κ3) is 3.28. The minimum absolute atomic E-state index is 0.121. The summed E-state index contributed by atoms with van der Waals surface area (Å²) in [5.41, 5.74) is 1.66. The van der Waals surface area contributed by atoms with Gasteiger partial charge in [-0.25, -0.2) is 0 Å². The normalized spacial score (nSPS) is 10.8. The van der Waals surface area contributed by atoms with E-state index in [1.807, 2.05) is 6.07 Å². The Labute approximate surface area is 160 Å². The van der Waals surface area contributed by atoms with Crippen molar-refractivity contribution in [3.05, 3.63) is 100 Å². The maximum atomic E-state index is 13.0.